The number of amides is 3. The fourth-order valence-electron chi connectivity index (χ4n) is 1.89. The summed E-state index contributed by atoms with van der Waals surface area (Å²) in [7, 11) is 0. The van der Waals surface area contributed by atoms with Gasteiger partial charge in [-0.25, -0.2) is 4.79 Å². The van der Waals surface area contributed by atoms with Crippen molar-refractivity contribution in [2.45, 2.75) is 20.8 Å². The number of nitrogens with two attached hydrogens (primary N) is 1. The minimum absolute atomic E-state index is 0.0531. The van der Waals surface area contributed by atoms with Gasteiger partial charge in [-0.3, -0.25) is 4.79 Å². The predicted octanol–water partition coefficient (Wildman–Crippen LogP) is -0.155. The van der Waals surface area contributed by atoms with Gasteiger partial charge in [-0.1, -0.05) is 0 Å². The summed E-state index contributed by atoms with van der Waals surface area (Å²) in [5.41, 5.74) is 5.09. The van der Waals surface area contributed by atoms with Gasteiger partial charge in [-0.15, -0.1) is 0 Å². The highest BCUT2D eigenvalue weighted by molar-refractivity contribution is 5.82. The molecule has 18 heavy (non-hydrogen) atoms. The van der Waals surface area contributed by atoms with E-state index >= 15 is 0 Å². The Morgan fingerprint density at radius 2 is 1.67 bits per heavy atom. The lowest BCUT2D eigenvalue weighted by atomic mass is 9.91. The average molecular weight is 256 g/mol. The zero-order chi connectivity index (χ0) is 13.8. The van der Waals surface area contributed by atoms with Gasteiger partial charge in [0.25, 0.3) is 0 Å². The van der Waals surface area contributed by atoms with Crippen LogP contribution < -0.4 is 11.1 Å². The molecule has 0 radical (unpaired) electrons. The molecule has 3 N–H and O–H groups in total. The summed E-state index contributed by atoms with van der Waals surface area (Å²) in [5, 5.41) is 2.76. The van der Waals surface area contributed by atoms with E-state index in [9.17, 15) is 9.59 Å². The van der Waals surface area contributed by atoms with Gasteiger partial charge < -0.3 is 20.9 Å². The topological polar surface area (TPSA) is 78.7 Å². The van der Waals surface area contributed by atoms with Gasteiger partial charge in [0.05, 0.1) is 5.41 Å². The molecule has 6 heteroatoms. The average Bonchev–Trinajstić information content (AvgIpc) is 2.38. The van der Waals surface area contributed by atoms with E-state index in [-0.39, 0.29) is 11.9 Å². The van der Waals surface area contributed by atoms with Crippen LogP contribution in [0.3, 0.4) is 0 Å². The minimum Gasteiger partial charge on any atom is -0.339 e. The molecule has 0 aromatic carbocycles. The maximum atomic E-state index is 12.2. The Bertz CT molecular complexity index is 309. The van der Waals surface area contributed by atoms with Gasteiger partial charge >= 0.3 is 6.03 Å². The highest BCUT2D eigenvalue weighted by Gasteiger charge is 2.33. The molecule has 0 bridgehead atoms. The van der Waals surface area contributed by atoms with Crippen molar-refractivity contribution < 1.29 is 9.59 Å². The van der Waals surface area contributed by atoms with Crippen LogP contribution in [-0.2, 0) is 4.79 Å². The van der Waals surface area contributed by atoms with Crippen LogP contribution in [0.4, 0.5) is 4.79 Å². The monoisotopic (exact) mass is 256 g/mol. The first-order chi connectivity index (χ1) is 8.42. The van der Waals surface area contributed by atoms with E-state index in [4.69, 9.17) is 5.73 Å². The van der Waals surface area contributed by atoms with E-state index in [1.165, 1.54) is 0 Å². The number of nitrogens with one attached hydrogen (secondary N) is 1. The summed E-state index contributed by atoms with van der Waals surface area (Å²) in [6.45, 7) is 8.88. The molecule has 0 atom stereocenters. The largest absolute Gasteiger partial charge is 0.339 e. The maximum Gasteiger partial charge on any atom is 0.317 e. The fraction of sp³-hybridized carbons (Fsp3) is 0.833. The quantitative estimate of drug-likeness (QED) is 0.737. The molecule has 1 heterocycles. The normalized spacial score (nSPS) is 16.7. The molecule has 1 fully saturated rings. The fourth-order valence-corrected chi connectivity index (χ4v) is 1.89. The van der Waals surface area contributed by atoms with Gasteiger partial charge in [-0.05, 0) is 20.8 Å². The minimum atomic E-state index is -0.520. The van der Waals surface area contributed by atoms with Crippen molar-refractivity contribution in [3.05, 3.63) is 0 Å². The van der Waals surface area contributed by atoms with Crippen LogP contribution in [0.2, 0.25) is 0 Å². The number of carbonyl (C=O) groups excluding carboxylic acids is 2. The number of hydrogen-bond donors (Lipinski definition) is 2. The smallest absolute Gasteiger partial charge is 0.317 e. The molecule has 1 saturated heterocycles. The highest BCUT2D eigenvalue weighted by Crippen LogP contribution is 2.18. The third-order valence-corrected chi connectivity index (χ3v) is 3.27. The first kappa shape index (κ1) is 14.8. The summed E-state index contributed by atoms with van der Waals surface area (Å²) in [6, 6.07) is -0.0531. The molecule has 1 aliphatic heterocycles. The van der Waals surface area contributed by atoms with Crippen LogP contribution in [0.5, 0.6) is 0 Å². The Balaban J connectivity index is 2.49. The number of rotatable bonds is 3. The van der Waals surface area contributed by atoms with Crippen molar-refractivity contribution in [1.29, 1.82) is 0 Å². The Morgan fingerprint density at radius 3 is 2.11 bits per heavy atom. The van der Waals surface area contributed by atoms with E-state index in [1.807, 2.05) is 20.8 Å². The number of hydrogen-bond acceptors (Lipinski definition) is 3. The molecule has 0 aromatic rings. The van der Waals surface area contributed by atoms with Gasteiger partial charge in [0.2, 0.25) is 5.91 Å². The summed E-state index contributed by atoms with van der Waals surface area (Å²) in [4.78, 5) is 27.3. The van der Waals surface area contributed by atoms with Crippen LogP contribution >= 0.6 is 0 Å². The highest BCUT2D eigenvalue weighted by atomic mass is 16.2. The first-order valence-electron chi connectivity index (χ1n) is 6.44. The van der Waals surface area contributed by atoms with E-state index in [1.54, 1.807) is 9.80 Å². The van der Waals surface area contributed by atoms with Crippen molar-refractivity contribution in [3.8, 4) is 0 Å². The molecule has 6 nitrogen and oxygen atoms in total. The Morgan fingerprint density at radius 1 is 1.17 bits per heavy atom. The molecular formula is C12H24N4O2. The summed E-state index contributed by atoms with van der Waals surface area (Å²) < 4.78 is 0. The number of carbonyl (C=O) groups is 2. The molecule has 3 amide bonds. The molecule has 1 aliphatic rings. The van der Waals surface area contributed by atoms with Crippen molar-refractivity contribution >= 4 is 11.9 Å². The molecule has 1 rings (SSSR count). The van der Waals surface area contributed by atoms with Crippen LogP contribution in [-0.4, -0.2) is 61.0 Å². The molecule has 0 spiro atoms. The van der Waals surface area contributed by atoms with Crippen LogP contribution in [0, 0.1) is 5.41 Å². The maximum absolute atomic E-state index is 12.2. The van der Waals surface area contributed by atoms with E-state index in [2.05, 4.69) is 5.32 Å². The molecule has 0 unspecified atom stereocenters. The lowest BCUT2D eigenvalue weighted by Gasteiger charge is -2.38. The lowest BCUT2D eigenvalue weighted by Crippen LogP contribution is -2.56. The predicted molar refractivity (Wildman–Crippen MR) is 70.1 cm³/mol. The Kier molecular flexibility index (Phi) is 4.95. The van der Waals surface area contributed by atoms with Gasteiger partial charge in [0.15, 0.2) is 0 Å². The van der Waals surface area contributed by atoms with Crippen LogP contribution in [0.15, 0.2) is 0 Å². The molecule has 0 aliphatic carbocycles. The lowest BCUT2D eigenvalue weighted by molar-refractivity contribution is -0.141. The standard InChI is InChI=1S/C12H24N4O2/c1-4-14-11(18)16-7-5-15(6-8-16)10(17)12(2,3)9-13/h4-9,13H2,1-3H3,(H,14,18). The molecule has 0 aromatic heterocycles. The Hall–Kier alpha value is -1.30. The van der Waals surface area contributed by atoms with E-state index in [0.29, 0.717) is 39.3 Å². The first-order valence-corrected chi connectivity index (χ1v) is 6.44. The second-order valence-electron chi connectivity index (χ2n) is 5.20. The third-order valence-electron chi connectivity index (χ3n) is 3.27. The number of urea groups is 1. The van der Waals surface area contributed by atoms with Crippen molar-refractivity contribution in [2.24, 2.45) is 11.1 Å². The second-order valence-corrected chi connectivity index (χ2v) is 5.20. The number of piperazine rings is 1. The molecule has 104 valence electrons. The SMILES string of the molecule is CCNC(=O)N1CCN(C(=O)C(C)(C)CN)CC1. The summed E-state index contributed by atoms with van der Waals surface area (Å²) in [5.74, 6) is 0.0700. The summed E-state index contributed by atoms with van der Waals surface area (Å²) in [6.07, 6.45) is 0. The van der Waals surface area contributed by atoms with E-state index < -0.39 is 5.41 Å². The van der Waals surface area contributed by atoms with Crippen LogP contribution in [0.25, 0.3) is 0 Å². The summed E-state index contributed by atoms with van der Waals surface area (Å²) >= 11 is 0. The van der Waals surface area contributed by atoms with Gasteiger partial charge in [-0.2, -0.15) is 0 Å². The van der Waals surface area contributed by atoms with Crippen LogP contribution in [0.1, 0.15) is 20.8 Å². The Labute approximate surface area is 108 Å². The zero-order valence-corrected chi connectivity index (χ0v) is 11.5. The van der Waals surface area contributed by atoms with Crippen molar-refractivity contribution in [1.82, 2.24) is 15.1 Å². The molecule has 0 saturated carbocycles. The van der Waals surface area contributed by atoms with Gasteiger partial charge in [0, 0.05) is 39.3 Å². The zero-order valence-electron chi connectivity index (χ0n) is 11.5. The molecular weight excluding hydrogens is 232 g/mol. The van der Waals surface area contributed by atoms with E-state index in [0.717, 1.165) is 0 Å². The number of nitrogens with zero attached hydrogens (tertiary/aromatic N) is 2. The van der Waals surface area contributed by atoms with Crippen molar-refractivity contribution in [3.63, 3.8) is 0 Å². The van der Waals surface area contributed by atoms with Crippen molar-refractivity contribution in [2.75, 3.05) is 39.3 Å². The van der Waals surface area contributed by atoms with Gasteiger partial charge in [0.1, 0.15) is 0 Å². The third kappa shape index (κ3) is 3.35. The second kappa shape index (κ2) is 6.04.